The number of aromatic nitrogens is 2. The Labute approximate surface area is 229 Å². The molecule has 212 valence electrons. The minimum atomic E-state index is -4.71. The van der Waals surface area contributed by atoms with Gasteiger partial charge in [0.15, 0.2) is 0 Å². The minimum absolute atomic E-state index is 0.0399. The topological polar surface area (TPSA) is 112 Å². The molecule has 3 aromatic rings. The van der Waals surface area contributed by atoms with E-state index in [1.54, 1.807) is 43.0 Å². The molecule has 1 fully saturated rings. The lowest BCUT2D eigenvalue weighted by Crippen LogP contribution is -2.48. The Hall–Kier alpha value is -4.55. The molecule has 0 unspecified atom stereocenters. The first-order valence-electron chi connectivity index (χ1n) is 12.6. The van der Waals surface area contributed by atoms with Crippen LogP contribution in [0.4, 0.5) is 47.7 Å². The number of carbonyl (C=O) groups excluding carboxylic acids is 2. The number of nitrogens with one attached hydrogen (secondary N) is 3. The maximum absolute atomic E-state index is 13.8. The molecular weight excluding hydrogens is 527 g/mol. The number of alkyl halides is 3. The van der Waals surface area contributed by atoms with Crippen molar-refractivity contribution in [2.75, 3.05) is 54.1 Å². The van der Waals surface area contributed by atoms with Gasteiger partial charge in [-0.15, -0.1) is 0 Å². The standard InChI is InChI=1S/C27H30F3N7O3/c1-4-24(39)32-18-6-5-7-19(14-18)33-25-21(27(28,29)30)16-31-26(35-25)34-22-9-8-20(15-23(22)40-3)37-12-10-36(11-13-37)17(2)38/h5-9,14-16H,4,10-13H2,1-3H3,(H,32,39)(H2,31,33,34,35). The second-order valence-corrected chi connectivity index (χ2v) is 9.06. The highest BCUT2D eigenvalue weighted by atomic mass is 19.4. The predicted octanol–water partition coefficient (Wildman–Crippen LogP) is 5.01. The Morgan fingerprint density at radius 1 is 1.02 bits per heavy atom. The van der Waals surface area contributed by atoms with E-state index >= 15 is 0 Å². The number of anilines is 6. The third kappa shape index (κ3) is 6.90. The van der Waals surface area contributed by atoms with Crippen LogP contribution < -0.4 is 25.6 Å². The highest BCUT2D eigenvalue weighted by Gasteiger charge is 2.35. The van der Waals surface area contributed by atoms with Gasteiger partial charge in [0.05, 0.1) is 12.8 Å². The summed E-state index contributed by atoms with van der Waals surface area (Å²) in [5.41, 5.74) is 1.04. The van der Waals surface area contributed by atoms with Crippen LogP contribution in [0.1, 0.15) is 25.8 Å². The molecule has 10 nitrogen and oxygen atoms in total. The van der Waals surface area contributed by atoms with Crippen LogP contribution in [0.15, 0.2) is 48.7 Å². The van der Waals surface area contributed by atoms with Crippen molar-refractivity contribution in [3.8, 4) is 5.75 Å². The van der Waals surface area contributed by atoms with E-state index in [4.69, 9.17) is 4.74 Å². The van der Waals surface area contributed by atoms with E-state index in [0.717, 1.165) is 5.69 Å². The largest absolute Gasteiger partial charge is 0.494 e. The summed E-state index contributed by atoms with van der Waals surface area (Å²) in [6.45, 7) is 5.79. The molecule has 2 aromatic carbocycles. The monoisotopic (exact) mass is 557 g/mol. The predicted molar refractivity (Wildman–Crippen MR) is 146 cm³/mol. The van der Waals surface area contributed by atoms with Crippen LogP contribution in [0.3, 0.4) is 0 Å². The number of methoxy groups -OCH3 is 1. The van der Waals surface area contributed by atoms with Crippen molar-refractivity contribution in [3.63, 3.8) is 0 Å². The van der Waals surface area contributed by atoms with Gasteiger partial charge >= 0.3 is 6.18 Å². The highest BCUT2D eigenvalue weighted by Crippen LogP contribution is 2.37. The summed E-state index contributed by atoms with van der Waals surface area (Å²) < 4.78 is 46.8. The first-order chi connectivity index (χ1) is 19.1. The lowest BCUT2D eigenvalue weighted by atomic mass is 10.2. The summed E-state index contributed by atoms with van der Waals surface area (Å²) >= 11 is 0. The van der Waals surface area contributed by atoms with E-state index in [1.165, 1.54) is 13.2 Å². The van der Waals surface area contributed by atoms with Crippen molar-refractivity contribution in [2.24, 2.45) is 0 Å². The van der Waals surface area contributed by atoms with E-state index in [2.05, 4.69) is 30.8 Å². The number of hydrogen-bond acceptors (Lipinski definition) is 8. The van der Waals surface area contributed by atoms with Crippen LogP contribution in [0.2, 0.25) is 0 Å². The van der Waals surface area contributed by atoms with E-state index in [9.17, 15) is 22.8 Å². The molecule has 40 heavy (non-hydrogen) atoms. The lowest BCUT2D eigenvalue weighted by molar-refractivity contribution is -0.137. The fourth-order valence-corrected chi connectivity index (χ4v) is 4.19. The third-order valence-electron chi connectivity index (χ3n) is 6.35. The summed E-state index contributed by atoms with van der Waals surface area (Å²) in [6.07, 6.45) is -3.74. The second kappa shape index (κ2) is 12.1. The van der Waals surface area contributed by atoms with Gasteiger partial charge in [0, 0.05) is 68.8 Å². The normalized spacial score (nSPS) is 13.6. The van der Waals surface area contributed by atoms with Crippen LogP contribution in [-0.2, 0) is 15.8 Å². The molecule has 13 heteroatoms. The Morgan fingerprint density at radius 3 is 2.40 bits per heavy atom. The number of hydrogen-bond donors (Lipinski definition) is 3. The van der Waals surface area contributed by atoms with Crippen LogP contribution in [0.25, 0.3) is 0 Å². The van der Waals surface area contributed by atoms with Crippen LogP contribution in [-0.4, -0.2) is 60.0 Å². The molecule has 0 bridgehead atoms. The maximum atomic E-state index is 13.8. The van der Waals surface area contributed by atoms with E-state index in [0.29, 0.717) is 55.2 Å². The van der Waals surface area contributed by atoms with Gasteiger partial charge in [-0.25, -0.2) is 4.98 Å². The van der Waals surface area contributed by atoms with E-state index in [-0.39, 0.29) is 24.2 Å². The van der Waals surface area contributed by atoms with Gasteiger partial charge in [0.1, 0.15) is 17.1 Å². The Kier molecular flexibility index (Phi) is 8.61. The fourth-order valence-electron chi connectivity index (χ4n) is 4.19. The smallest absolute Gasteiger partial charge is 0.421 e. The lowest BCUT2D eigenvalue weighted by Gasteiger charge is -2.35. The number of amides is 2. The fraction of sp³-hybridized carbons (Fsp3) is 0.333. The van der Waals surface area contributed by atoms with Gasteiger partial charge < -0.3 is 30.5 Å². The molecule has 2 amide bonds. The van der Waals surface area contributed by atoms with Gasteiger partial charge in [-0.05, 0) is 30.3 Å². The molecular formula is C27H30F3N7O3. The maximum Gasteiger partial charge on any atom is 0.421 e. The zero-order chi connectivity index (χ0) is 28.9. The number of ether oxygens (including phenoxy) is 1. The molecule has 0 aliphatic carbocycles. The Morgan fingerprint density at radius 2 is 1.75 bits per heavy atom. The summed E-state index contributed by atoms with van der Waals surface area (Å²) in [5, 5.41) is 8.32. The molecule has 1 saturated heterocycles. The van der Waals surface area contributed by atoms with Crippen LogP contribution in [0.5, 0.6) is 5.75 Å². The Bertz CT molecular complexity index is 1380. The number of piperazine rings is 1. The number of halogens is 3. The molecule has 1 aliphatic heterocycles. The molecule has 1 aromatic heterocycles. The highest BCUT2D eigenvalue weighted by molar-refractivity contribution is 5.91. The molecule has 2 heterocycles. The number of rotatable bonds is 8. The van der Waals surface area contributed by atoms with Crippen molar-refractivity contribution in [1.29, 1.82) is 0 Å². The van der Waals surface area contributed by atoms with Gasteiger partial charge in [-0.3, -0.25) is 9.59 Å². The van der Waals surface area contributed by atoms with Crippen molar-refractivity contribution in [1.82, 2.24) is 14.9 Å². The zero-order valence-electron chi connectivity index (χ0n) is 22.3. The molecule has 4 rings (SSSR count). The zero-order valence-corrected chi connectivity index (χ0v) is 22.3. The molecule has 1 aliphatic rings. The number of carbonyl (C=O) groups is 2. The summed E-state index contributed by atoms with van der Waals surface area (Å²) in [6, 6.07) is 11.7. The van der Waals surface area contributed by atoms with E-state index in [1.807, 2.05) is 12.1 Å². The van der Waals surface area contributed by atoms with Crippen molar-refractivity contribution < 1.29 is 27.5 Å². The van der Waals surface area contributed by atoms with Gasteiger partial charge in [0.25, 0.3) is 0 Å². The molecule has 0 radical (unpaired) electrons. The summed E-state index contributed by atoms with van der Waals surface area (Å²) in [5.74, 6) is -0.267. The third-order valence-corrected chi connectivity index (χ3v) is 6.35. The SMILES string of the molecule is CCC(=O)Nc1cccc(Nc2nc(Nc3ccc(N4CCN(C(C)=O)CC4)cc3OC)ncc2C(F)(F)F)c1. The first kappa shape index (κ1) is 28.5. The second-order valence-electron chi connectivity index (χ2n) is 9.06. The average molecular weight is 558 g/mol. The van der Waals surface area contributed by atoms with Crippen LogP contribution in [0, 0.1) is 0 Å². The summed E-state index contributed by atoms with van der Waals surface area (Å²) in [7, 11) is 1.49. The summed E-state index contributed by atoms with van der Waals surface area (Å²) in [4.78, 5) is 35.2. The Balaban J connectivity index is 1.56. The quantitative estimate of drug-likeness (QED) is 0.355. The van der Waals surface area contributed by atoms with Crippen molar-refractivity contribution >= 4 is 46.3 Å². The first-order valence-corrected chi connectivity index (χ1v) is 12.6. The molecule has 0 atom stereocenters. The average Bonchev–Trinajstić information content (AvgIpc) is 2.93. The molecule has 3 N–H and O–H groups in total. The molecule has 0 saturated carbocycles. The van der Waals surface area contributed by atoms with Gasteiger partial charge in [-0.1, -0.05) is 13.0 Å². The van der Waals surface area contributed by atoms with Gasteiger partial charge in [0.2, 0.25) is 17.8 Å². The number of nitrogens with zero attached hydrogens (tertiary/aromatic N) is 4. The van der Waals surface area contributed by atoms with Crippen LogP contribution >= 0.6 is 0 Å². The number of benzene rings is 2. The van der Waals surface area contributed by atoms with Gasteiger partial charge in [-0.2, -0.15) is 18.2 Å². The van der Waals surface area contributed by atoms with Crippen molar-refractivity contribution in [2.45, 2.75) is 26.4 Å². The molecule has 0 spiro atoms. The van der Waals surface area contributed by atoms with E-state index < -0.39 is 17.6 Å². The minimum Gasteiger partial charge on any atom is -0.494 e. The van der Waals surface area contributed by atoms with Crippen molar-refractivity contribution in [3.05, 3.63) is 54.2 Å².